The summed E-state index contributed by atoms with van der Waals surface area (Å²) in [6, 6.07) is 5.05. The van der Waals surface area contributed by atoms with Crippen LogP contribution in [0.15, 0.2) is 18.2 Å². The molecule has 0 saturated carbocycles. The maximum atomic E-state index is 14.1. The van der Waals surface area contributed by atoms with Gasteiger partial charge in [-0.3, -0.25) is 0 Å². The standard InChI is InChI=1S/C16H22FNO3/c1-16(2,3)18(15(19)20-4)10-13-14-11(8-9-21-13)6-5-7-12(14)17/h5-7,13H,8-10H2,1-4H3. The van der Waals surface area contributed by atoms with Gasteiger partial charge in [-0.05, 0) is 38.8 Å². The highest BCUT2D eigenvalue weighted by Crippen LogP contribution is 2.31. The van der Waals surface area contributed by atoms with Crippen molar-refractivity contribution in [3.05, 3.63) is 35.1 Å². The van der Waals surface area contributed by atoms with Gasteiger partial charge in [-0.25, -0.2) is 9.18 Å². The number of nitrogens with zero attached hydrogens (tertiary/aromatic N) is 1. The Kier molecular flexibility index (Phi) is 4.52. The third-order valence-electron chi connectivity index (χ3n) is 3.71. The summed E-state index contributed by atoms with van der Waals surface area (Å²) in [5.41, 5.74) is 1.08. The van der Waals surface area contributed by atoms with E-state index in [0.717, 1.165) is 5.56 Å². The van der Waals surface area contributed by atoms with Crippen molar-refractivity contribution >= 4 is 6.09 Å². The van der Waals surface area contributed by atoms with Gasteiger partial charge in [0.25, 0.3) is 0 Å². The maximum Gasteiger partial charge on any atom is 0.410 e. The molecule has 0 N–H and O–H groups in total. The molecule has 1 unspecified atom stereocenters. The molecule has 4 nitrogen and oxygen atoms in total. The van der Waals surface area contributed by atoms with Crippen molar-refractivity contribution in [3.8, 4) is 0 Å². The molecule has 0 aliphatic carbocycles. The Balaban J connectivity index is 2.30. The van der Waals surface area contributed by atoms with Gasteiger partial charge in [0.15, 0.2) is 0 Å². The van der Waals surface area contributed by atoms with Crippen LogP contribution in [0.3, 0.4) is 0 Å². The minimum atomic E-state index is -0.465. The van der Waals surface area contributed by atoms with Gasteiger partial charge in [-0.15, -0.1) is 0 Å². The van der Waals surface area contributed by atoms with Crippen molar-refractivity contribution in [2.24, 2.45) is 0 Å². The zero-order chi connectivity index (χ0) is 15.6. The highest BCUT2D eigenvalue weighted by atomic mass is 19.1. The second kappa shape index (κ2) is 6.02. The van der Waals surface area contributed by atoms with Gasteiger partial charge in [0, 0.05) is 11.1 Å². The van der Waals surface area contributed by atoms with Gasteiger partial charge in [0.1, 0.15) is 11.9 Å². The lowest BCUT2D eigenvalue weighted by Crippen LogP contribution is -2.48. The van der Waals surface area contributed by atoms with Crippen LogP contribution in [0.1, 0.15) is 38.0 Å². The average Bonchev–Trinajstić information content (AvgIpc) is 2.43. The molecule has 116 valence electrons. The van der Waals surface area contributed by atoms with Crippen LogP contribution in [0, 0.1) is 5.82 Å². The van der Waals surface area contributed by atoms with E-state index in [2.05, 4.69) is 0 Å². The lowest BCUT2D eigenvalue weighted by Gasteiger charge is -2.38. The molecule has 0 spiro atoms. The Bertz CT molecular complexity index is 525. The van der Waals surface area contributed by atoms with Crippen molar-refractivity contribution in [1.82, 2.24) is 4.90 Å². The van der Waals surface area contributed by atoms with Crippen LogP contribution in [0.4, 0.5) is 9.18 Å². The van der Waals surface area contributed by atoms with Crippen LogP contribution in [0.25, 0.3) is 0 Å². The van der Waals surface area contributed by atoms with Gasteiger partial charge in [0.2, 0.25) is 0 Å². The van der Waals surface area contributed by atoms with Gasteiger partial charge in [0.05, 0.1) is 20.3 Å². The minimum absolute atomic E-state index is 0.268. The number of methoxy groups -OCH3 is 1. The van der Waals surface area contributed by atoms with E-state index >= 15 is 0 Å². The quantitative estimate of drug-likeness (QED) is 0.840. The number of amides is 1. The normalized spacial score (nSPS) is 18.0. The van der Waals surface area contributed by atoms with E-state index in [1.54, 1.807) is 11.0 Å². The fourth-order valence-corrected chi connectivity index (χ4v) is 2.60. The van der Waals surface area contributed by atoms with E-state index in [4.69, 9.17) is 9.47 Å². The minimum Gasteiger partial charge on any atom is -0.453 e. The predicted molar refractivity (Wildman–Crippen MR) is 77.7 cm³/mol. The van der Waals surface area contributed by atoms with Gasteiger partial charge >= 0.3 is 6.09 Å². The number of benzene rings is 1. The van der Waals surface area contributed by atoms with Crippen molar-refractivity contribution < 1.29 is 18.7 Å². The maximum absolute atomic E-state index is 14.1. The van der Waals surface area contributed by atoms with Crippen molar-refractivity contribution in [1.29, 1.82) is 0 Å². The summed E-state index contributed by atoms with van der Waals surface area (Å²) < 4.78 is 24.7. The van der Waals surface area contributed by atoms with Crippen molar-refractivity contribution in [3.63, 3.8) is 0 Å². The summed E-state index contributed by atoms with van der Waals surface area (Å²) >= 11 is 0. The van der Waals surface area contributed by atoms with E-state index in [1.165, 1.54) is 13.2 Å². The Labute approximate surface area is 124 Å². The average molecular weight is 295 g/mol. The second-order valence-corrected chi connectivity index (χ2v) is 6.17. The number of carbonyl (C=O) groups is 1. The van der Waals surface area contributed by atoms with Gasteiger partial charge < -0.3 is 14.4 Å². The van der Waals surface area contributed by atoms with E-state index in [9.17, 15) is 9.18 Å². The second-order valence-electron chi connectivity index (χ2n) is 6.17. The third kappa shape index (κ3) is 3.35. The molecule has 1 aliphatic rings. The lowest BCUT2D eigenvalue weighted by atomic mass is 9.95. The molecule has 2 rings (SSSR count). The number of hydrogen-bond donors (Lipinski definition) is 0. The Morgan fingerprint density at radius 1 is 1.48 bits per heavy atom. The zero-order valence-electron chi connectivity index (χ0n) is 13.0. The molecular formula is C16H22FNO3. The largest absolute Gasteiger partial charge is 0.453 e. The summed E-state index contributed by atoms with van der Waals surface area (Å²) in [6.45, 7) is 6.53. The lowest BCUT2D eigenvalue weighted by molar-refractivity contribution is -0.00588. The Morgan fingerprint density at radius 2 is 2.19 bits per heavy atom. The SMILES string of the molecule is COC(=O)N(CC1OCCc2cccc(F)c21)C(C)(C)C. The summed E-state index contributed by atoms with van der Waals surface area (Å²) in [5, 5.41) is 0. The molecule has 5 heteroatoms. The monoisotopic (exact) mass is 295 g/mol. The molecule has 1 atom stereocenters. The van der Waals surface area contributed by atoms with Crippen LogP contribution in [0.2, 0.25) is 0 Å². The highest BCUT2D eigenvalue weighted by molar-refractivity contribution is 5.68. The Hall–Kier alpha value is -1.62. The number of rotatable bonds is 2. The summed E-state index contributed by atoms with van der Waals surface area (Å²) in [6.07, 6.45) is -0.208. The van der Waals surface area contributed by atoms with E-state index in [-0.39, 0.29) is 12.4 Å². The van der Waals surface area contributed by atoms with Crippen LogP contribution in [-0.4, -0.2) is 36.8 Å². The van der Waals surface area contributed by atoms with E-state index in [1.807, 2.05) is 26.8 Å². The summed E-state index contributed by atoms with van der Waals surface area (Å²) in [7, 11) is 1.34. The number of ether oxygens (including phenoxy) is 2. The van der Waals surface area contributed by atoms with E-state index in [0.29, 0.717) is 18.6 Å². The van der Waals surface area contributed by atoms with Crippen LogP contribution >= 0.6 is 0 Å². The zero-order valence-corrected chi connectivity index (χ0v) is 13.0. The third-order valence-corrected chi connectivity index (χ3v) is 3.71. The number of halogens is 1. The first-order valence-corrected chi connectivity index (χ1v) is 7.09. The fourth-order valence-electron chi connectivity index (χ4n) is 2.60. The van der Waals surface area contributed by atoms with Gasteiger partial charge in [-0.2, -0.15) is 0 Å². The molecule has 1 amide bonds. The number of fused-ring (bicyclic) bond motifs is 1. The first kappa shape index (κ1) is 15.8. The van der Waals surface area contributed by atoms with Crippen LogP contribution in [0.5, 0.6) is 0 Å². The first-order valence-electron chi connectivity index (χ1n) is 7.09. The molecule has 1 aliphatic heterocycles. The van der Waals surface area contributed by atoms with Crippen molar-refractivity contribution in [2.75, 3.05) is 20.3 Å². The molecular weight excluding hydrogens is 273 g/mol. The summed E-state index contributed by atoms with van der Waals surface area (Å²) in [5.74, 6) is -0.282. The van der Waals surface area contributed by atoms with Gasteiger partial charge in [-0.1, -0.05) is 12.1 Å². The van der Waals surface area contributed by atoms with Crippen molar-refractivity contribution in [2.45, 2.75) is 38.8 Å². The Morgan fingerprint density at radius 3 is 2.81 bits per heavy atom. The van der Waals surface area contributed by atoms with Crippen LogP contribution < -0.4 is 0 Å². The highest BCUT2D eigenvalue weighted by Gasteiger charge is 2.33. The molecule has 1 aromatic carbocycles. The molecule has 0 radical (unpaired) electrons. The molecule has 0 bridgehead atoms. The number of hydrogen-bond acceptors (Lipinski definition) is 3. The molecule has 0 saturated heterocycles. The summed E-state index contributed by atoms with van der Waals surface area (Å²) in [4.78, 5) is 13.6. The number of carbonyl (C=O) groups excluding carboxylic acids is 1. The molecule has 0 fully saturated rings. The topological polar surface area (TPSA) is 38.8 Å². The fraction of sp³-hybridized carbons (Fsp3) is 0.562. The smallest absolute Gasteiger partial charge is 0.410 e. The predicted octanol–water partition coefficient (Wildman–Crippen LogP) is 3.31. The van der Waals surface area contributed by atoms with Crippen LogP contribution in [-0.2, 0) is 15.9 Å². The molecule has 1 aromatic rings. The molecule has 1 heterocycles. The van der Waals surface area contributed by atoms with E-state index < -0.39 is 17.7 Å². The first-order chi connectivity index (χ1) is 9.84. The molecule has 21 heavy (non-hydrogen) atoms. The molecule has 0 aromatic heterocycles.